The van der Waals surface area contributed by atoms with Crippen LogP contribution in [0.25, 0.3) is 0 Å². The van der Waals surface area contributed by atoms with Gasteiger partial charge in [0.15, 0.2) is 0 Å². The number of anilines is 2. The molecule has 5 heteroatoms. The maximum atomic E-state index is 5.49. The molecule has 4 nitrogen and oxygen atoms in total. The Hall–Kier alpha value is -0.970. The zero-order valence-corrected chi connectivity index (χ0v) is 9.00. The summed E-state index contributed by atoms with van der Waals surface area (Å²) < 4.78 is 0. The highest BCUT2D eigenvalue weighted by atomic mass is 32.2. The predicted molar refractivity (Wildman–Crippen MR) is 60.6 cm³/mol. The normalized spacial score (nSPS) is 22.4. The van der Waals surface area contributed by atoms with Crippen molar-refractivity contribution >= 4 is 23.4 Å². The van der Waals surface area contributed by atoms with Crippen LogP contribution in [0.3, 0.4) is 0 Å². The molecule has 0 aliphatic carbocycles. The van der Waals surface area contributed by atoms with Gasteiger partial charge in [0.25, 0.3) is 0 Å². The molecule has 14 heavy (non-hydrogen) atoms. The van der Waals surface area contributed by atoms with E-state index in [-0.39, 0.29) is 0 Å². The van der Waals surface area contributed by atoms with Crippen molar-refractivity contribution in [1.29, 1.82) is 0 Å². The van der Waals surface area contributed by atoms with Crippen LogP contribution in [0.2, 0.25) is 0 Å². The Kier molecular flexibility index (Phi) is 2.77. The van der Waals surface area contributed by atoms with Crippen molar-refractivity contribution in [3.05, 3.63) is 12.4 Å². The highest BCUT2D eigenvalue weighted by Gasteiger charge is 2.17. The van der Waals surface area contributed by atoms with E-state index in [1.165, 1.54) is 0 Å². The van der Waals surface area contributed by atoms with Crippen molar-refractivity contribution in [2.24, 2.45) is 0 Å². The van der Waals surface area contributed by atoms with E-state index < -0.39 is 0 Å². The second kappa shape index (κ2) is 4.04. The van der Waals surface area contributed by atoms with Gasteiger partial charge in [0.1, 0.15) is 11.6 Å². The van der Waals surface area contributed by atoms with Gasteiger partial charge in [-0.2, -0.15) is 11.8 Å². The molecule has 0 spiro atoms. The fourth-order valence-corrected chi connectivity index (χ4v) is 2.53. The van der Waals surface area contributed by atoms with Crippen LogP contribution < -0.4 is 10.6 Å². The molecule has 1 atom stereocenters. The molecule has 0 amide bonds. The molecule has 0 aromatic carbocycles. The van der Waals surface area contributed by atoms with Gasteiger partial charge in [0, 0.05) is 24.1 Å². The Morgan fingerprint density at radius 3 is 3.00 bits per heavy atom. The SMILES string of the molecule is CC1CN(c2cnc(N)cn2)CCS1. The summed E-state index contributed by atoms with van der Waals surface area (Å²) in [6, 6.07) is 0. The molecule has 1 unspecified atom stereocenters. The molecule has 1 aliphatic heterocycles. The van der Waals surface area contributed by atoms with Crippen molar-refractivity contribution in [3.63, 3.8) is 0 Å². The number of nitrogen functional groups attached to an aromatic ring is 1. The number of nitrogens with two attached hydrogens (primary N) is 1. The lowest BCUT2D eigenvalue weighted by molar-refractivity contribution is 0.767. The Labute approximate surface area is 87.9 Å². The van der Waals surface area contributed by atoms with Crippen LogP contribution in [0.5, 0.6) is 0 Å². The minimum atomic E-state index is 0.480. The second-order valence-electron chi connectivity index (χ2n) is 3.43. The summed E-state index contributed by atoms with van der Waals surface area (Å²) in [5.74, 6) is 2.58. The third kappa shape index (κ3) is 2.09. The lowest BCUT2D eigenvalue weighted by Gasteiger charge is -2.31. The van der Waals surface area contributed by atoms with Crippen molar-refractivity contribution in [2.45, 2.75) is 12.2 Å². The summed E-state index contributed by atoms with van der Waals surface area (Å²) in [4.78, 5) is 10.6. The van der Waals surface area contributed by atoms with Crippen LogP contribution >= 0.6 is 11.8 Å². The maximum Gasteiger partial charge on any atom is 0.147 e. The van der Waals surface area contributed by atoms with E-state index in [0.29, 0.717) is 11.1 Å². The van der Waals surface area contributed by atoms with Crippen molar-refractivity contribution in [2.75, 3.05) is 29.5 Å². The largest absolute Gasteiger partial charge is 0.382 e. The molecule has 2 N–H and O–H groups in total. The summed E-state index contributed by atoms with van der Waals surface area (Å²) >= 11 is 2.01. The highest BCUT2D eigenvalue weighted by Crippen LogP contribution is 2.21. The number of hydrogen-bond donors (Lipinski definition) is 1. The van der Waals surface area contributed by atoms with Crippen molar-refractivity contribution < 1.29 is 0 Å². The standard InChI is InChI=1S/C9H14N4S/c1-7-6-13(2-3-14-7)9-5-11-8(10)4-12-9/h4-5,7H,2-3,6H2,1H3,(H2,10,11). The van der Waals surface area contributed by atoms with Gasteiger partial charge in [-0.05, 0) is 0 Å². The van der Waals surface area contributed by atoms with E-state index in [1.54, 1.807) is 12.4 Å². The van der Waals surface area contributed by atoms with Gasteiger partial charge in [-0.15, -0.1) is 0 Å². The topological polar surface area (TPSA) is 55.0 Å². The summed E-state index contributed by atoms with van der Waals surface area (Å²) in [6.07, 6.45) is 3.36. The van der Waals surface area contributed by atoms with Crippen molar-refractivity contribution in [3.8, 4) is 0 Å². The number of nitrogens with zero attached hydrogens (tertiary/aromatic N) is 3. The Bertz CT molecular complexity index is 300. The Morgan fingerprint density at radius 2 is 2.36 bits per heavy atom. The van der Waals surface area contributed by atoms with Gasteiger partial charge in [-0.3, -0.25) is 0 Å². The summed E-state index contributed by atoms with van der Waals surface area (Å²) in [6.45, 7) is 4.33. The van der Waals surface area contributed by atoms with Gasteiger partial charge in [-0.25, -0.2) is 9.97 Å². The summed E-state index contributed by atoms with van der Waals surface area (Å²) in [7, 11) is 0. The fourth-order valence-electron chi connectivity index (χ4n) is 1.52. The van der Waals surface area contributed by atoms with Crippen LogP contribution in [-0.2, 0) is 0 Å². The van der Waals surface area contributed by atoms with Crippen LogP contribution in [-0.4, -0.2) is 34.1 Å². The molecule has 2 rings (SSSR count). The molecule has 1 aliphatic rings. The molecule has 2 heterocycles. The highest BCUT2D eigenvalue weighted by molar-refractivity contribution is 8.00. The number of thioether (sulfide) groups is 1. The lowest BCUT2D eigenvalue weighted by Crippen LogP contribution is -2.37. The summed E-state index contributed by atoms with van der Waals surface area (Å²) in [5.41, 5.74) is 5.49. The van der Waals surface area contributed by atoms with Gasteiger partial charge >= 0.3 is 0 Å². The first-order chi connectivity index (χ1) is 6.75. The second-order valence-corrected chi connectivity index (χ2v) is 4.97. The zero-order valence-electron chi connectivity index (χ0n) is 8.18. The van der Waals surface area contributed by atoms with E-state index in [0.717, 1.165) is 24.7 Å². The molecule has 1 aromatic heterocycles. The minimum absolute atomic E-state index is 0.480. The molecular weight excluding hydrogens is 196 g/mol. The van der Waals surface area contributed by atoms with Crippen LogP contribution in [0.1, 0.15) is 6.92 Å². The van der Waals surface area contributed by atoms with Crippen LogP contribution in [0, 0.1) is 0 Å². The van der Waals surface area contributed by atoms with Gasteiger partial charge < -0.3 is 10.6 Å². The fraction of sp³-hybridized carbons (Fsp3) is 0.556. The molecule has 0 bridgehead atoms. The monoisotopic (exact) mass is 210 g/mol. The minimum Gasteiger partial charge on any atom is -0.382 e. The summed E-state index contributed by atoms with van der Waals surface area (Å²) in [5, 5.41) is 0.670. The average Bonchev–Trinajstić information content (AvgIpc) is 2.19. The number of rotatable bonds is 1. The third-order valence-electron chi connectivity index (χ3n) is 2.22. The molecular formula is C9H14N4S. The maximum absolute atomic E-state index is 5.49. The zero-order chi connectivity index (χ0) is 9.97. The third-order valence-corrected chi connectivity index (χ3v) is 3.36. The molecule has 0 saturated carbocycles. The van der Waals surface area contributed by atoms with E-state index in [4.69, 9.17) is 5.73 Å². The van der Waals surface area contributed by atoms with E-state index in [2.05, 4.69) is 21.8 Å². The van der Waals surface area contributed by atoms with Gasteiger partial charge in [-0.1, -0.05) is 6.92 Å². The van der Waals surface area contributed by atoms with Crippen LogP contribution in [0.4, 0.5) is 11.6 Å². The molecule has 1 saturated heterocycles. The molecule has 1 fully saturated rings. The Balaban J connectivity index is 2.10. The Morgan fingerprint density at radius 1 is 1.50 bits per heavy atom. The predicted octanol–water partition coefficient (Wildman–Crippen LogP) is 1.00. The molecule has 76 valence electrons. The van der Waals surface area contributed by atoms with Gasteiger partial charge in [0.2, 0.25) is 0 Å². The van der Waals surface area contributed by atoms with E-state index >= 15 is 0 Å². The van der Waals surface area contributed by atoms with Gasteiger partial charge in [0.05, 0.1) is 12.4 Å². The van der Waals surface area contributed by atoms with Crippen molar-refractivity contribution in [1.82, 2.24) is 9.97 Å². The quantitative estimate of drug-likeness (QED) is 0.749. The van der Waals surface area contributed by atoms with Crippen LogP contribution in [0.15, 0.2) is 12.4 Å². The molecule has 1 aromatic rings. The number of hydrogen-bond acceptors (Lipinski definition) is 5. The number of aromatic nitrogens is 2. The average molecular weight is 210 g/mol. The lowest BCUT2D eigenvalue weighted by atomic mass is 10.4. The van der Waals surface area contributed by atoms with E-state index in [1.807, 2.05) is 11.8 Å². The smallest absolute Gasteiger partial charge is 0.147 e. The first kappa shape index (κ1) is 9.58. The first-order valence-electron chi connectivity index (χ1n) is 4.70. The molecule has 0 radical (unpaired) electrons. The first-order valence-corrected chi connectivity index (χ1v) is 5.74. The van der Waals surface area contributed by atoms with E-state index in [9.17, 15) is 0 Å².